The van der Waals surface area contributed by atoms with E-state index in [1.165, 1.54) is 0 Å². The molecule has 0 bridgehead atoms. The highest BCUT2D eigenvalue weighted by Crippen LogP contribution is 2.20. The Balaban J connectivity index is 1.87. The molecule has 0 N–H and O–H groups in total. The predicted molar refractivity (Wildman–Crippen MR) is 87.9 cm³/mol. The number of hydrogen-bond acceptors (Lipinski definition) is 5. The highest BCUT2D eigenvalue weighted by molar-refractivity contribution is 7.73. The van der Waals surface area contributed by atoms with Gasteiger partial charge in [-0.25, -0.2) is 4.68 Å². The fourth-order valence-corrected chi connectivity index (χ4v) is 3.86. The van der Waals surface area contributed by atoms with Crippen LogP contribution in [0.3, 0.4) is 0 Å². The number of likely N-dealkylation sites (tertiary alicyclic amines) is 1. The Morgan fingerprint density at radius 3 is 2.48 bits per heavy atom. The first kappa shape index (κ1) is 16.6. The Morgan fingerprint density at radius 2 is 2.00 bits per heavy atom. The van der Waals surface area contributed by atoms with Gasteiger partial charge < -0.3 is 4.90 Å². The van der Waals surface area contributed by atoms with E-state index >= 15 is 0 Å². The molecule has 1 aliphatic rings. The van der Waals surface area contributed by atoms with Crippen LogP contribution in [0.1, 0.15) is 31.7 Å². The molecule has 2 heterocycles. The largest absolute Gasteiger partial charge is 0.343 e. The number of aryl methyl sites for hydroxylation is 1. The molecular weight excluding hydrogens is 304 g/mol. The molecule has 1 aromatic heterocycles. The van der Waals surface area contributed by atoms with Crippen molar-refractivity contribution < 1.29 is 4.79 Å². The Kier molecular flexibility index (Phi) is 5.89. The molecule has 5 nitrogen and oxygen atoms in total. The van der Waals surface area contributed by atoms with Crippen molar-refractivity contribution in [3.05, 3.63) is 8.96 Å². The van der Waals surface area contributed by atoms with Gasteiger partial charge in [-0.2, -0.15) is 5.10 Å². The third-order valence-corrected chi connectivity index (χ3v) is 5.28. The molecule has 118 valence electrons. The summed E-state index contributed by atoms with van der Waals surface area (Å²) in [5, 5.41) is 5.43. The normalized spacial score (nSPS) is 17.1. The third kappa shape index (κ3) is 4.11. The van der Waals surface area contributed by atoms with E-state index < -0.39 is 0 Å². The topological polar surface area (TPSA) is 41.4 Å². The van der Waals surface area contributed by atoms with E-state index in [9.17, 15) is 4.79 Å². The second-order valence-corrected chi connectivity index (χ2v) is 7.26. The summed E-state index contributed by atoms with van der Waals surface area (Å²) in [4.78, 5) is 16.6. The summed E-state index contributed by atoms with van der Waals surface area (Å²) in [6, 6.07) is 0. The average Bonchev–Trinajstić information content (AvgIpc) is 2.79. The van der Waals surface area contributed by atoms with Crippen molar-refractivity contribution in [2.75, 3.05) is 26.2 Å². The van der Waals surface area contributed by atoms with Gasteiger partial charge in [0, 0.05) is 32.1 Å². The summed E-state index contributed by atoms with van der Waals surface area (Å²) in [7, 11) is 0. The van der Waals surface area contributed by atoms with Crippen molar-refractivity contribution in [2.45, 2.75) is 40.3 Å². The van der Waals surface area contributed by atoms with Crippen LogP contribution in [0.4, 0.5) is 0 Å². The van der Waals surface area contributed by atoms with Crippen LogP contribution in [0.2, 0.25) is 0 Å². The van der Waals surface area contributed by atoms with Crippen LogP contribution in [0.25, 0.3) is 0 Å². The van der Waals surface area contributed by atoms with E-state index in [0.717, 1.165) is 54.7 Å². The van der Waals surface area contributed by atoms with Gasteiger partial charge in [0.15, 0.2) is 3.95 Å². The van der Waals surface area contributed by atoms with E-state index in [1.807, 2.05) is 30.4 Å². The van der Waals surface area contributed by atoms with Gasteiger partial charge in [0.25, 0.3) is 0 Å². The maximum atomic E-state index is 12.4. The van der Waals surface area contributed by atoms with Gasteiger partial charge in [-0.05, 0) is 45.8 Å². The van der Waals surface area contributed by atoms with Crippen molar-refractivity contribution in [3.8, 4) is 0 Å². The minimum absolute atomic E-state index is 0.186. The molecule has 1 fully saturated rings. The quantitative estimate of drug-likeness (QED) is 0.779. The Labute approximate surface area is 135 Å². The molecule has 1 aromatic rings. The van der Waals surface area contributed by atoms with Crippen LogP contribution >= 0.6 is 23.6 Å². The molecule has 1 aliphatic heterocycles. The van der Waals surface area contributed by atoms with Crippen LogP contribution in [-0.4, -0.2) is 51.7 Å². The zero-order valence-electron chi connectivity index (χ0n) is 13.0. The first-order valence-corrected chi connectivity index (χ1v) is 8.83. The van der Waals surface area contributed by atoms with Crippen molar-refractivity contribution in [2.24, 2.45) is 5.92 Å². The number of hydrogen-bond donors (Lipinski definition) is 0. The zero-order valence-corrected chi connectivity index (χ0v) is 14.7. The monoisotopic (exact) mass is 328 g/mol. The van der Waals surface area contributed by atoms with Gasteiger partial charge >= 0.3 is 0 Å². The molecule has 21 heavy (non-hydrogen) atoms. The van der Waals surface area contributed by atoms with Crippen LogP contribution < -0.4 is 0 Å². The van der Waals surface area contributed by atoms with Crippen molar-refractivity contribution in [1.82, 2.24) is 19.6 Å². The highest BCUT2D eigenvalue weighted by atomic mass is 32.1. The SMILES string of the molecule is CCN(CC)C(=O)C1CCN(Cn2nc(C)sc2=S)CC1. The number of aromatic nitrogens is 2. The average molecular weight is 329 g/mol. The number of nitrogens with zero attached hydrogens (tertiary/aromatic N) is 4. The number of carbonyl (C=O) groups is 1. The molecule has 0 radical (unpaired) electrons. The first-order valence-electron chi connectivity index (χ1n) is 7.60. The number of carbonyl (C=O) groups excluding carboxylic acids is 1. The summed E-state index contributed by atoms with van der Waals surface area (Å²) >= 11 is 6.86. The van der Waals surface area contributed by atoms with Gasteiger partial charge in [0.2, 0.25) is 5.91 Å². The number of piperidine rings is 1. The van der Waals surface area contributed by atoms with E-state index in [4.69, 9.17) is 12.2 Å². The van der Waals surface area contributed by atoms with Crippen molar-refractivity contribution in [1.29, 1.82) is 0 Å². The summed E-state index contributed by atoms with van der Waals surface area (Å²) < 4.78 is 2.72. The lowest BCUT2D eigenvalue weighted by atomic mass is 9.95. The molecule has 0 atom stereocenters. The maximum absolute atomic E-state index is 12.4. The number of amides is 1. The second-order valence-electron chi connectivity index (χ2n) is 5.43. The van der Waals surface area contributed by atoms with Gasteiger partial charge in [-0.3, -0.25) is 9.69 Å². The Bertz CT molecular complexity index is 527. The Hall–Kier alpha value is -0.790. The minimum Gasteiger partial charge on any atom is -0.343 e. The standard InChI is InChI=1S/C14H24N4OS2/c1-4-17(5-2)13(19)12-6-8-16(9-7-12)10-18-14(20)21-11(3)15-18/h12H,4-10H2,1-3H3. The molecule has 0 spiro atoms. The van der Waals surface area contributed by atoms with Crippen molar-refractivity contribution >= 4 is 29.5 Å². The van der Waals surface area contributed by atoms with Crippen LogP contribution in [0.5, 0.6) is 0 Å². The van der Waals surface area contributed by atoms with E-state index in [0.29, 0.717) is 5.91 Å². The second kappa shape index (κ2) is 7.47. The zero-order chi connectivity index (χ0) is 15.4. The van der Waals surface area contributed by atoms with Crippen LogP contribution in [0, 0.1) is 16.8 Å². The molecule has 0 unspecified atom stereocenters. The molecule has 2 rings (SSSR count). The van der Waals surface area contributed by atoms with Crippen molar-refractivity contribution in [3.63, 3.8) is 0 Å². The smallest absolute Gasteiger partial charge is 0.225 e. The molecule has 0 aliphatic carbocycles. The molecule has 0 aromatic carbocycles. The van der Waals surface area contributed by atoms with E-state index in [2.05, 4.69) is 10.00 Å². The van der Waals surface area contributed by atoms with Gasteiger partial charge in [-0.15, -0.1) is 0 Å². The lowest BCUT2D eigenvalue weighted by Crippen LogP contribution is -2.43. The first-order chi connectivity index (χ1) is 10.0. The third-order valence-electron chi connectivity index (χ3n) is 4.05. The number of rotatable bonds is 5. The Morgan fingerprint density at radius 1 is 1.38 bits per heavy atom. The molecule has 1 amide bonds. The van der Waals surface area contributed by atoms with Crippen LogP contribution in [0.15, 0.2) is 0 Å². The molecule has 0 saturated carbocycles. The lowest BCUT2D eigenvalue weighted by Gasteiger charge is -2.33. The predicted octanol–water partition coefficient (Wildman–Crippen LogP) is 2.52. The summed E-state index contributed by atoms with van der Waals surface area (Å²) in [6.45, 7) is 10.3. The molecular formula is C14H24N4OS2. The van der Waals surface area contributed by atoms with E-state index in [1.54, 1.807) is 11.3 Å². The fourth-order valence-electron chi connectivity index (χ4n) is 2.80. The minimum atomic E-state index is 0.186. The summed E-state index contributed by atoms with van der Waals surface area (Å²) in [5.41, 5.74) is 0. The van der Waals surface area contributed by atoms with Gasteiger partial charge in [0.1, 0.15) is 5.01 Å². The highest BCUT2D eigenvalue weighted by Gasteiger charge is 2.27. The maximum Gasteiger partial charge on any atom is 0.225 e. The van der Waals surface area contributed by atoms with E-state index in [-0.39, 0.29) is 5.92 Å². The molecule has 1 saturated heterocycles. The molecule has 7 heteroatoms. The van der Waals surface area contributed by atoms with Crippen LogP contribution in [-0.2, 0) is 11.5 Å². The fraction of sp³-hybridized carbons (Fsp3) is 0.786. The summed E-state index contributed by atoms with van der Waals surface area (Å²) in [5.74, 6) is 0.507. The van der Waals surface area contributed by atoms with Gasteiger partial charge in [0.05, 0.1) is 6.67 Å². The summed E-state index contributed by atoms with van der Waals surface area (Å²) in [6.07, 6.45) is 1.87. The lowest BCUT2D eigenvalue weighted by molar-refractivity contribution is -0.136. The van der Waals surface area contributed by atoms with Gasteiger partial charge in [-0.1, -0.05) is 11.3 Å².